The molecule has 1 unspecified atom stereocenters. The van der Waals surface area contributed by atoms with Crippen LogP contribution in [0.5, 0.6) is 0 Å². The zero-order valence-electron chi connectivity index (χ0n) is 21.6. The summed E-state index contributed by atoms with van der Waals surface area (Å²) in [7, 11) is -4.63. The number of nitrogens with zero attached hydrogens (tertiary/aromatic N) is 5. The van der Waals surface area contributed by atoms with E-state index in [4.69, 9.17) is 16.3 Å². The summed E-state index contributed by atoms with van der Waals surface area (Å²) in [6.45, 7) is 0.624. The maximum absolute atomic E-state index is 15.6. The van der Waals surface area contributed by atoms with Crippen LogP contribution in [0.15, 0.2) is 66.2 Å². The van der Waals surface area contributed by atoms with Gasteiger partial charge in [0, 0.05) is 18.4 Å². The predicted molar refractivity (Wildman–Crippen MR) is 149 cm³/mol. The number of imidazole rings is 1. The fourth-order valence-electron chi connectivity index (χ4n) is 4.65. The molecule has 0 amide bonds. The summed E-state index contributed by atoms with van der Waals surface area (Å²) in [5, 5.41) is 2.19. The third kappa shape index (κ3) is 5.12. The number of halogens is 4. The van der Waals surface area contributed by atoms with Crippen molar-refractivity contribution in [3.63, 3.8) is 0 Å². The van der Waals surface area contributed by atoms with Gasteiger partial charge in [0.1, 0.15) is 46.0 Å². The van der Waals surface area contributed by atoms with Crippen molar-refractivity contribution in [3.8, 4) is 11.3 Å². The number of pyridine rings is 1. The lowest BCUT2D eigenvalue weighted by Gasteiger charge is -2.23. The Labute approximate surface area is 242 Å². The first-order chi connectivity index (χ1) is 20.2. The van der Waals surface area contributed by atoms with E-state index in [0.29, 0.717) is 29.0 Å². The Bertz CT molecular complexity index is 1920. The number of anilines is 3. The van der Waals surface area contributed by atoms with Crippen molar-refractivity contribution in [1.29, 1.82) is 0 Å². The van der Waals surface area contributed by atoms with Crippen LogP contribution in [0.3, 0.4) is 0 Å². The largest absolute Gasteiger partial charge is 0.358 e. The number of sulfonamides is 1. The minimum Gasteiger partial charge on any atom is -0.358 e. The normalized spacial score (nSPS) is 15.6. The highest BCUT2D eigenvalue weighted by atomic mass is 35.5. The minimum atomic E-state index is -4.63. The molecule has 216 valence electrons. The predicted octanol–water partition coefficient (Wildman–Crippen LogP) is 6.20. The first kappa shape index (κ1) is 27.9. The molecule has 0 saturated carbocycles. The summed E-state index contributed by atoms with van der Waals surface area (Å²) in [5.41, 5.74) is 0.307. The second-order valence-electron chi connectivity index (χ2n) is 9.33. The third-order valence-electron chi connectivity index (χ3n) is 6.67. The Kier molecular flexibility index (Phi) is 7.43. The van der Waals surface area contributed by atoms with Gasteiger partial charge in [-0.3, -0.25) is 9.29 Å². The molecule has 1 atom stereocenters. The van der Waals surface area contributed by atoms with E-state index < -0.39 is 48.8 Å². The van der Waals surface area contributed by atoms with Gasteiger partial charge >= 0.3 is 0 Å². The van der Waals surface area contributed by atoms with Crippen LogP contribution in [0.4, 0.5) is 30.4 Å². The van der Waals surface area contributed by atoms with Gasteiger partial charge in [0.15, 0.2) is 17.3 Å². The lowest BCUT2D eigenvalue weighted by Crippen LogP contribution is -2.17. The van der Waals surface area contributed by atoms with E-state index in [9.17, 15) is 17.2 Å². The maximum atomic E-state index is 15.6. The molecule has 0 radical (unpaired) electrons. The molecule has 6 rings (SSSR count). The Hall–Kier alpha value is -4.27. The number of benzene rings is 2. The molecule has 10 nitrogen and oxygen atoms in total. The molecule has 3 aromatic heterocycles. The fraction of sp³-hybridized carbons (Fsp3) is 0.185. The smallest absolute Gasteiger partial charge is 0.264 e. The van der Waals surface area contributed by atoms with Gasteiger partial charge in [-0.1, -0.05) is 17.7 Å². The molecule has 0 aliphatic carbocycles. The van der Waals surface area contributed by atoms with E-state index in [1.54, 1.807) is 18.5 Å². The molecule has 2 aromatic carbocycles. The highest BCUT2D eigenvalue weighted by Crippen LogP contribution is 2.36. The number of rotatable bonds is 7. The van der Waals surface area contributed by atoms with Crippen molar-refractivity contribution < 1.29 is 26.3 Å². The summed E-state index contributed by atoms with van der Waals surface area (Å²) in [5.74, 6) is -3.52. The molecule has 1 fully saturated rings. The van der Waals surface area contributed by atoms with E-state index in [0.717, 1.165) is 37.5 Å². The Morgan fingerprint density at radius 3 is 2.64 bits per heavy atom. The average Bonchev–Trinajstić information content (AvgIpc) is 3.43. The highest BCUT2D eigenvalue weighted by molar-refractivity contribution is 7.92. The Morgan fingerprint density at radius 1 is 0.976 bits per heavy atom. The third-order valence-corrected chi connectivity index (χ3v) is 8.35. The van der Waals surface area contributed by atoms with Crippen molar-refractivity contribution in [1.82, 2.24) is 24.5 Å². The highest BCUT2D eigenvalue weighted by Gasteiger charge is 2.26. The number of hydrogen-bond donors (Lipinski definition) is 2. The molecule has 0 bridgehead atoms. The second kappa shape index (κ2) is 11.2. The fourth-order valence-corrected chi connectivity index (χ4v) is 6.05. The van der Waals surface area contributed by atoms with Crippen LogP contribution in [0, 0.1) is 17.5 Å². The molecule has 2 N–H and O–H groups in total. The van der Waals surface area contributed by atoms with Crippen molar-refractivity contribution in [2.24, 2.45) is 0 Å². The Balaban J connectivity index is 1.36. The minimum absolute atomic E-state index is 0.0136. The molecule has 1 saturated heterocycles. The first-order valence-electron chi connectivity index (χ1n) is 12.7. The number of fused-ring (bicyclic) bond motifs is 1. The molecular formula is C27H21ClF3N7O3S. The van der Waals surface area contributed by atoms with Gasteiger partial charge in [0.05, 0.1) is 17.0 Å². The van der Waals surface area contributed by atoms with Gasteiger partial charge in [-0.05, 0) is 55.7 Å². The van der Waals surface area contributed by atoms with Crippen LogP contribution in [-0.2, 0) is 14.8 Å². The molecule has 42 heavy (non-hydrogen) atoms. The van der Waals surface area contributed by atoms with Gasteiger partial charge < -0.3 is 10.1 Å². The number of aromatic nitrogens is 5. The number of nitrogens with one attached hydrogen (secondary N) is 2. The average molecular weight is 616 g/mol. The van der Waals surface area contributed by atoms with E-state index in [2.05, 4.69) is 25.3 Å². The molecule has 0 spiro atoms. The second-order valence-corrected chi connectivity index (χ2v) is 11.4. The first-order valence-corrected chi connectivity index (χ1v) is 14.6. The molecule has 1 aliphatic heterocycles. The van der Waals surface area contributed by atoms with Gasteiger partial charge in [0.2, 0.25) is 0 Å². The van der Waals surface area contributed by atoms with Crippen molar-refractivity contribution in [3.05, 3.63) is 83.8 Å². The molecule has 1 aliphatic rings. The summed E-state index contributed by atoms with van der Waals surface area (Å²) in [4.78, 5) is 16.7. The quantitative estimate of drug-likeness (QED) is 0.222. The Morgan fingerprint density at radius 2 is 1.83 bits per heavy atom. The maximum Gasteiger partial charge on any atom is 0.264 e. The van der Waals surface area contributed by atoms with E-state index in [-0.39, 0.29) is 12.0 Å². The molecule has 15 heteroatoms. The van der Waals surface area contributed by atoms with E-state index >= 15 is 4.39 Å². The van der Waals surface area contributed by atoms with Gasteiger partial charge in [0.25, 0.3) is 10.0 Å². The van der Waals surface area contributed by atoms with Crippen LogP contribution in [0.2, 0.25) is 5.02 Å². The molecular weight excluding hydrogens is 595 g/mol. The van der Waals surface area contributed by atoms with Crippen molar-refractivity contribution in [2.75, 3.05) is 16.6 Å². The summed E-state index contributed by atoms with van der Waals surface area (Å²) in [6, 6.07) is 8.35. The number of hydrogen-bond acceptors (Lipinski definition) is 8. The van der Waals surface area contributed by atoms with E-state index in [1.165, 1.54) is 24.7 Å². The topological polar surface area (TPSA) is 124 Å². The standard InChI is InChI=1S/C27H21ClF3N7O3S/c28-16-6-3-7-19(21(16)30)42(39,40)37-18-10-9-17(29)24(22(18)31)36-26-15(5-4-11-32-26)23-25-27(34-13-33-23)38(14-35-25)20-8-1-2-12-41-20/h3-7,9-11,13-14,20,37H,1-2,8,12H2,(H,32,36). The zero-order chi connectivity index (χ0) is 29.4. The molecule has 4 heterocycles. The van der Waals surface area contributed by atoms with Crippen LogP contribution in [-0.4, -0.2) is 39.5 Å². The van der Waals surface area contributed by atoms with Gasteiger partial charge in [-0.25, -0.2) is 41.5 Å². The van der Waals surface area contributed by atoms with Gasteiger partial charge in [-0.15, -0.1) is 0 Å². The van der Waals surface area contributed by atoms with Crippen LogP contribution < -0.4 is 10.0 Å². The van der Waals surface area contributed by atoms with E-state index in [1.807, 2.05) is 9.29 Å². The lowest BCUT2D eigenvalue weighted by molar-refractivity contribution is -0.0298. The van der Waals surface area contributed by atoms with Crippen molar-refractivity contribution >= 4 is 50.0 Å². The van der Waals surface area contributed by atoms with Crippen LogP contribution >= 0.6 is 11.6 Å². The monoisotopic (exact) mass is 615 g/mol. The number of ether oxygens (including phenoxy) is 1. The molecule has 5 aromatic rings. The summed E-state index contributed by atoms with van der Waals surface area (Å²) >= 11 is 5.70. The van der Waals surface area contributed by atoms with Crippen molar-refractivity contribution in [2.45, 2.75) is 30.4 Å². The van der Waals surface area contributed by atoms with Crippen LogP contribution in [0.25, 0.3) is 22.4 Å². The SMILES string of the molecule is O=S(=O)(Nc1ccc(F)c(Nc2ncccc2-c2ncnc3c2ncn3C2CCCCO2)c1F)c1cccc(Cl)c1F. The summed E-state index contributed by atoms with van der Waals surface area (Å²) in [6.07, 6.45) is 6.91. The lowest BCUT2D eigenvalue weighted by atomic mass is 10.1. The van der Waals surface area contributed by atoms with Gasteiger partial charge in [-0.2, -0.15) is 0 Å². The zero-order valence-corrected chi connectivity index (χ0v) is 23.1. The summed E-state index contributed by atoms with van der Waals surface area (Å²) < 4.78 is 80.3. The van der Waals surface area contributed by atoms with Crippen LogP contribution in [0.1, 0.15) is 25.5 Å².